The molecule has 1 N–H and O–H groups in total. The lowest BCUT2D eigenvalue weighted by Crippen LogP contribution is -2.45. The standard InChI is InChI=1S/C28H33N5O3/c1-4-23-27(34)33(18-20-8-6-5-7-9-20)26-25(36-23)17-29-28(31-26)30-22-11-10-21(16-24(22)35-3)32-14-12-19(2)13-15-32/h5-11,16-17,19,23H,4,12-15,18H2,1-3H3,(H,29,30,31). The van der Waals surface area contributed by atoms with Gasteiger partial charge in [0.05, 0.1) is 25.5 Å². The molecule has 0 saturated carbocycles. The average Bonchev–Trinajstić information content (AvgIpc) is 2.91. The number of hydrogen-bond donors (Lipinski definition) is 1. The highest BCUT2D eigenvalue weighted by Gasteiger charge is 2.35. The smallest absolute Gasteiger partial charge is 0.269 e. The number of hydrogen-bond acceptors (Lipinski definition) is 7. The van der Waals surface area contributed by atoms with Gasteiger partial charge in [0.2, 0.25) is 5.95 Å². The fourth-order valence-electron chi connectivity index (χ4n) is 4.72. The third-order valence-corrected chi connectivity index (χ3v) is 6.94. The van der Waals surface area contributed by atoms with Crippen LogP contribution < -0.4 is 24.6 Å². The number of carbonyl (C=O) groups excluding carboxylic acids is 1. The maximum Gasteiger partial charge on any atom is 0.269 e. The summed E-state index contributed by atoms with van der Waals surface area (Å²) in [4.78, 5) is 26.4. The van der Waals surface area contributed by atoms with Crippen LogP contribution in [0.2, 0.25) is 0 Å². The van der Waals surface area contributed by atoms with Gasteiger partial charge in [-0.3, -0.25) is 9.69 Å². The summed E-state index contributed by atoms with van der Waals surface area (Å²) in [6.45, 7) is 6.76. The fraction of sp³-hybridized carbons (Fsp3) is 0.393. The van der Waals surface area contributed by atoms with Gasteiger partial charge in [-0.15, -0.1) is 0 Å². The maximum absolute atomic E-state index is 13.2. The minimum atomic E-state index is -0.547. The Kier molecular flexibility index (Phi) is 6.93. The van der Waals surface area contributed by atoms with Gasteiger partial charge in [-0.25, -0.2) is 4.98 Å². The van der Waals surface area contributed by atoms with E-state index in [-0.39, 0.29) is 5.91 Å². The Labute approximate surface area is 212 Å². The zero-order valence-corrected chi connectivity index (χ0v) is 21.1. The number of methoxy groups -OCH3 is 1. The van der Waals surface area contributed by atoms with Crippen LogP contribution in [0.1, 0.15) is 38.7 Å². The molecular formula is C28H33N5O3. The summed E-state index contributed by atoms with van der Waals surface area (Å²) >= 11 is 0. The van der Waals surface area contributed by atoms with Gasteiger partial charge in [0.25, 0.3) is 5.91 Å². The Morgan fingerprint density at radius 1 is 1.14 bits per heavy atom. The number of ether oxygens (including phenoxy) is 2. The van der Waals surface area contributed by atoms with Crippen LogP contribution in [0.5, 0.6) is 11.5 Å². The lowest BCUT2D eigenvalue weighted by atomic mass is 9.99. The van der Waals surface area contributed by atoms with E-state index in [4.69, 9.17) is 14.5 Å². The number of aromatic nitrogens is 2. The van der Waals surface area contributed by atoms with Crippen molar-refractivity contribution in [1.82, 2.24) is 9.97 Å². The van der Waals surface area contributed by atoms with Crippen molar-refractivity contribution in [2.45, 2.75) is 45.8 Å². The summed E-state index contributed by atoms with van der Waals surface area (Å²) in [5, 5.41) is 3.28. The van der Waals surface area contributed by atoms with Crippen LogP contribution in [0.4, 0.5) is 23.1 Å². The van der Waals surface area contributed by atoms with Crippen molar-refractivity contribution in [3.8, 4) is 11.5 Å². The molecule has 8 nitrogen and oxygen atoms in total. The highest BCUT2D eigenvalue weighted by atomic mass is 16.5. The quantitative estimate of drug-likeness (QED) is 0.492. The summed E-state index contributed by atoms with van der Waals surface area (Å²) in [7, 11) is 1.66. The van der Waals surface area contributed by atoms with Gasteiger partial charge in [-0.1, -0.05) is 44.2 Å². The molecule has 2 aromatic carbocycles. The average molecular weight is 488 g/mol. The molecule has 3 aromatic rings. The Hall–Kier alpha value is -3.81. The summed E-state index contributed by atoms with van der Waals surface area (Å²) in [5.41, 5.74) is 2.93. The molecule has 1 fully saturated rings. The van der Waals surface area contributed by atoms with E-state index in [0.29, 0.717) is 36.2 Å². The number of amides is 1. The first-order chi connectivity index (χ1) is 17.6. The van der Waals surface area contributed by atoms with Crippen LogP contribution in [-0.2, 0) is 11.3 Å². The van der Waals surface area contributed by atoms with Crippen LogP contribution in [0.3, 0.4) is 0 Å². The topological polar surface area (TPSA) is 79.8 Å². The number of rotatable bonds is 7. The number of nitrogens with zero attached hydrogens (tertiary/aromatic N) is 4. The Bertz CT molecular complexity index is 1210. The largest absolute Gasteiger partial charge is 0.494 e. The predicted molar refractivity (Wildman–Crippen MR) is 141 cm³/mol. The normalized spacial score (nSPS) is 18.0. The van der Waals surface area contributed by atoms with Gasteiger partial charge < -0.3 is 19.7 Å². The lowest BCUT2D eigenvalue weighted by Gasteiger charge is -2.33. The molecule has 36 heavy (non-hydrogen) atoms. The molecule has 3 heterocycles. The van der Waals surface area contributed by atoms with Crippen LogP contribution in [0.15, 0.2) is 54.7 Å². The predicted octanol–water partition coefficient (Wildman–Crippen LogP) is 5.17. The number of anilines is 4. The summed E-state index contributed by atoms with van der Waals surface area (Å²) in [6, 6.07) is 16.0. The molecule has 1 aromatic heterocycles. The van der Waals surface area contributed by atoms with E-state index in [1.165, 1.54) is 12.8 Å². The zero-order valence-electron chi connectivity index (χ0n) is 21.1. The van der Waals surface area contributed by atoms with Crippen LogP contribution in [0.25, 0.3) is 0 Å². The van der Waals surface area contributed by atoms with Crippen LogP contribution in [-0.4, -0.2) is 42.2 Å². The van der Waals surface area contributed by atoms with Gasteiger partial charge in [0.15, 0.2) is 17.7 Å². The van der Waals surface area contributed by atoms with Crippen molar-refractivity contribution in [3.63, 3.8) is 0 Å². The van der Waals surface area contributed by atoms with Crippen molar-refractivity contribution in [1.29, 1.82) is 0 Å². The molecule has 188 valence electrons. The van der Waals surface area contributed by atoms with Crippen molar-refractivity contribution in [2.24, 2.45) is 5.92 Å². The van der Waals surface area contributed by atoms with Crippen LogP contribution >= 0.6 is 0 Å². The lowest BCUT2D eigenvalue weighted by molar-refractivity contribution is -0.126. The van der Waals surface area contributed by atoms with Gasteiger partial charge in [-0.05, 0) is 42.9 Å². The van der Waals surface area contributed by atoms with E-state index in [1.54, 1.807) is 18.2 Å². The number of fused-ring (bicyclic) bond motifs is 1. The highest BCUT2D eigenvalue weighted by molar-refractivity contribution is 5.99. The molecule has 2 aliphatic heterocycles. The number of carbonyl (C=O) groups is 1. The van der Waals surface area contributed by atoms with Crippen molar-refractivity contribution >= 4 is 29.0 Å². The van der Waals surface area contributed by atoms with Crippen LogP contribution in [0, 0.1) is 5.92 Å². The minimum absolute atomic E-state index is 0.101. The van der Waals surface area contributed by atoms with E-state index < -0.39 is 6.10 Å². The molecule has 1 atom stereocenters. The fourth-order valence-corrected chi connectivity index (χ4v) is 4.72. The molecule has 1 amide bonds. The molecule has 1 unspecified atom stereocenters. The third-order valence-electron chi connectivity index (χ3n) is 6.94. The zero-order chi connectivity index (χ0) is 25.1. The molecule has 1 saturated heterocycles. The monoisotopic (exact) mass is 487 g/mol. The first kappa shape index (κ1) is 23.9. The van der Waals surface area contributed by atoms with Gasteiger partial charge in [0.1, 0.15) is 5.75 Å². The summed E-state index contributed by atoms with van der Waals surface area (Å²) in [5.74, 6) is 2.73. The maximum atomic E-state index is 13.2. The SMILES string of the molecule is CCC1Oc2cnc(Nc3ccc(N4CCC(C)CC4)cc3OC)nc2N(Cc2ccccc2)C1=O. The first-order valence-corrected chi connectivity index (χ1v) is 12.6. The van der Waals surface area contributed by atoms with E-state index in [0.717, 1.165) is 35.9 Å². The van der Waals surface area contributed by atoms with Gasteiger partial charge in [0, 0.05) is 24.8 Å². The number of benzene rings is 2. The molecular weight excluding hydrogens is 454 g/mol. The van der Waals surface area contributed by atoms with Gasteiger partial charge >= 0.3 is 0 Å². The van der Waals surface area contributed by atoms with Crippen molar-refractivity contribution in [2.75, 3.05) is 35.3 Å². The van der Waals surface area contributed by atoms with E-state index in [9.17, 15) is 4.79 Å². The number of nitrogens with one attached hydrogen (secondary N) is 1. The first-order valence-electron chi connectivity index (χ1n) is 12.6. The molecule has 0 spiro atoms. The Balaban J connectivity index is 1.41. The molecule has 2 aliphatic rings. The second-order valence-corrected chi connectivity index (χ2v) is 9.49. The Morgan fingerprint density at radius 3 is 2.64 bits per heavy atom. The number of piperidine rings is 1. The summed E-state index contributed by atoms with van der Waals surface area (Å²) in [6.07, 6.45) is 4.06. The molecule has 5 rings (SSSR count). The summed E-state index contributed by atoms with van der Waals surface area (Å²) < 4.78 is 11.6. The highest BCUT2D eigenvalue weighted by Crippen LogP contribution is 2.37. The van der Waals surface area contributed by atoms with E-state index in [2.05, 4.69) is 34.3 Å². The molecule has 0 bridgehead atoms. The second-order valence-electron chi connectivity index (χ2n) is 9.49. The van der Waals surface area contributed by atoms with E-state index in [1.807, 2.05) is 43.3 Å². The van der Waals surface area contributed by atoms with E-state index >= 15 is 0 Å². The van der Waals surface area contributed by atoms with Crippen molar-refractivity contribution < 1.29 is 14.3 Å². The van der Waals surface area contributed by atoms with Gasteiger partial charge in [-0.2, -0.15) is 4.98 Å². The van der Waals surface area contributed by atoms with Crippen molar-refractivity contribution in [3.05, 3.63) is 60.3 Å². The minimum Gasteiger partial charge on any atom is -0.494 e. The molecule has 0 radical (unpaired) electrons. The second kappa shape index (κ2) is 10.4. The Morgan fingerprint density at radius 2 is 1.92 bits per heavy atom. The molecule has 8 heteroatoms. The molecule has 0 aliphatic carbocycles. The third kappa shape index (κ3) is 4.94.